The van der Waals surface area contributed by atoms with Crippen molar-refractivity contribution in [1.29, 1.82) is 0 Å². The maximum atomic E-state index is 9.90. The van der Waals surface area contributed by atoms with Crippen molar-refractivity contribution in [2.75, 3.05) is 32.8 Å². The van der Waals surface area contributed by atoms with E-state index in [1.165, 1.54) is 0 Å². The van der Waals surface area contributed by atoms with E-state index < -0.39 is 0 Å². The van der Waals surface area contributed by atoms with Gasteiger partial charge in [0.2, 0.25) is 0 Å². The lowest BCUT2D eigenvalue weighted by atomic mass is 9.83. The number of hydrogen-bond acceptors (Lipinski definition) is 6. The highest BCUT2D eigenvalue weighted by atomic mass is 35.5. The van der Waals surface area contributed by atoms with Crippen LogP contribution in [0.4, 0.5) is 0 Å². The van der Waals surface area contributed by atoms with Crippen LogP contribution >= 0.6 is 24.8 Å². The average Bonchev–Trinajstić information content (AvgIpc) is 3.36. The van der Waals surface area contributed by atoms with Crippen LogP contribution in [0, 0.1) is 11.8 Å². The monoisotopic (exact) mass is 463 g/mol. The van der Waals surface area contributed by atoms with Gasteiger partial charge in [0, 0.05) is 74.7 Å². The van der Waals surface area contributed by atoms with E-state index in [1.807, 2.05) is 35.1 Å². The van der Waals surface area contributed by atoms with Crippen molar-refractivity contribution >= 4 is 30.5 Å². The molecule has 9 heteroatoms. The maximum Gasteiger partial charge on any atom is 0.162 e. The van der Waals surface area contributed by atoms with Gasteiger partial charge in [0.1, 0.15) is 0 Å². The van der Waals surface area contributed by atoms with Gasteiger partial charge < -0.3 is 15.2 Å². The van der Waals surface area contributed by atoms with Crippen molar-refractivity contribution in [1.82, 2.24) is 24.8 Å². The van der Waals surface area contributed by atoms with E-state index in [-0.39, 0.29) is 49.0 Å². The third kappa shape index (κ3) is 3.63. The molecule has 7 nitrogen and oxygen atoms in total. The fraction of sp³-hybridized carbons (Fsp3) is 0.455. The fourth-order valence-corrected chi connectivity index (χ4v) is 5.59. The van der Waals surface area contributed by atoms with Gasteiger partial charge in [-0.3, -0.25) is 4.90 Å². The summed E-state index contributed by atoms with van der Waals surface area (Å²) in [6.45, 7) is 4.59. The van der Waals surface area contributed by atoms with Crippen LogP contribution in [0.3, 0.4) is 0 Å². The zero-order valence-corrected chi connectivity index (χ0v) is 18.7. The van der Waals surface area contributed by atoms with Crippen molar-refractivity contribution in [2.45, 2.75) is 18.2 Å². The zero-order chi connectivity index (χ0) is 19.4. The molecule has 2 N–H and O–H groups in total. The number of morpholine rings is 1. The first-order chi connectivity index (χ1) is 14.3. The number of fused-ring (bicyclic) bond motifs is 2. The number of benzene rings is 1. The number of likely N-dealkylation sites (tertiary alicyclic amines) is 1. The Morgan fingerprint density at radius 2 is 2.03 bits per heavy atom. The first-order valence-corrected chi connectivity index (χ1v) is 10.4. The average molecular weight is 464 g/mol. The Bertz CT molecular complexity index is 1050. The van der Waals surface area contributed by atoms with Gasteiger partial charge in [0.15, 0.2) is 5.65 Å². The van der Waals surface area contributed by atoms with Gasteiger partial charge in [0.05, 0.1) is 17.9 Å². The number of nitrogens with zero attached hydrogens (tertiary/aromatic N) is 4. The number of ether oxygens (including phenoxy) is 1. The maximum absolute atomic E-state index is 9.90. The minimum Gasteiger partial charge on any atom is -0.396 e. The number of aliphatic hydroxyl groups excluding tert-OH is 1. The Labute approximate surface area is 193 Å². The molecule has 3 aliphatic rings. The molecule has 3 aromatic rings. The Morgan fingerprint density at radius 1 is 1.19 bits per heavy atom. The van der Waals surface area contributed by atoms with E-state index >= 15 is 0 Å². The van der Waals surface area contributed by atoms with Crippen molar-refractivity contribution < 1.29 is 9.84 Å². The number of halogens is 2. The molecule has 5 heterocycles. The normalized spacial score (nSPS) is 29.4. The molecule has 3 aliphatic heterocycles. The molecule has 6 rings (SSSR count). The minimum absolute atomic E-state index is 0. The molecule has 0 radical (unpaired) electrons. The number of rotatable bonds is 4. The molecule has 31 heavy (non-hydrogen) atoms. The van der Waals surface area contributed by atoms with Gasteiger partial charge in [0.25, 0.3) is 0 Å². The van der Waals surface area contributed by atoms with E-state index in [2.05, 4.69) is 33.6 Å². The molecular formula is C22H27Cl2N5O2. The van der Waals surface area contributed by atoms with Crippen LogP contribution in [0.15, 0.2) is 48.9 Å². The molecule has 3 saturated heterocycles. The summed E-state index contributed by atoms with van der Waals surface area (Å²) in [5, 5.41) is 17.9. The molecule has 2 aromatic heterocycles. The quantitative estimate of drug-likeness (QED) is 0.616. The van der Waals surface area contributed by atoms with Crippen molar-refractivity contribution in [2.24, 2.45) is 11.8 Å². The summed E-state index contributed by atoms with van der Waals surface area (Å²) in [5.74, 6) is 0.619. The van der Waals surface area contributed by atoms with Crippen molar-refractivity contribution in [3.63, 3.8) is 0 Å². The van der Waals surface area contributed by atoms with Crippen molar-refractivity contribution in [3.05, 3.63) is 54.5 Å². The predicted molar refractivity (Wildman–Crippen MR) is 123 cm³/mol. The highest BCUT2D eigenvalue weighted by molar-refractivity contribution is 5.85. The molecule has 0 aliphatic carbocycles. The molecule has 2 bridgehead atoms. The molecule has 1 aromatic carbocycles. The summed E-state index contributed by atoms with van der Waals surface area (Å²) >= 11 is 0. The molecule has 1 spiro atoms. The Kier molecular flexibility index (Phi) is 6.27. The van der Waals surface area contributed by atoms with E-state index in [4.69, 9.17) is 9.72 Å². The van der Waals surface area contributed by atoms with Crippen LogP contribution in [-0.4, -0.2) is 69.1 Å². The highest BCUT2D eigenvalue weighted by Crippen LogP contribution is 2.47. The van der Waals surface area contributed by atoms with E-state index in [9.17, 15) is 5.11 Å². The number of nitrogens with one attached hydrogen (secondary N) is 1. The Balaban J connectivity index is 0.00000116. The second kappa shape index (κ2) is 8.65. The predicted octanol–water partition coefficient (Wildman–Crippen LogP) is 2.02. The summed E-state index contributed by atoms with van der Waals surface area (Å²) in [4.78, 5) is 7.15. The summed E-state index contributed by atoms with van der Waals surface area (Å²) in [6.07, 6.45) is 6.07. The van der Waals surface area contributed by atoms with Crippen LogP contribution < -0.4 is 5.32 Å². The van der Waals surface area contributed by atoms with Gasteiger partial charge in [-0.15, -0.1) is 24.8 Å². The lowest BCUT2D eigenvalue weighted by Gasteiger charge is -2.34. The molecule has 4 atom stereocenters. The van der Waals surface area contributed by atoms with Gasteiger partial charge in [-0.05, 0) is 5.56 Å². The molecular weight excluding hydrogens is 437 g/mol. The summed E-state index contributed by atoms with van der Waals surface area (Å²) in [6, 6.07) is 10.2. The van der Waals surface area contributed by atoms with Crippen molar-refractivity contribution in [3.8, 4) is 11.1 Å². The highest BCUT2D eigenvalue weighted by Gasteiger charge is 2.60. The lowest BCUT2D eigenvalue weighted by molar-refractivity contribution is -0.0746. The SMILES string of the molecule is Cl.Cl.OC[C@H]1[C@H]2CN(Cc3cnc4c(-c5ccccc5)cnn4c3)C[C@]23CNC[C@H]1O3. The summed E-state index contributed by atoms with van der Waals surface area (Å²) < 4.78 is 8.28. The molecule has 0 amide bonds. The fourth-order valence-electron chi connectivity index (χ4n) is 5.59. The molecule has 0 saturated carbocycles. The standard InChI is InChI=1S/C22H25N5O2.2ClH/c28-12-18-19-11-26(14-22(19)13-23-8-20(18)29-22)9-15-6-24-21-17(7-25-27(21)10-15)16-4-2-1-3-5-16;;/h1-7,10,18-20,23,28H,8-9,11-14H2;2*1H/t18-,19+,20+,22+;;/m0../s1. The zero-order valence-electron chi connectivity index (χ0n) is 17.1. The lowest BCUT2D eigenvalue weighted by Crippen LogP contribution is -2.52. The van der Waals surface area contributed by atoms with Gasteiger partial charge in [-0.1, -0.05) is 30.3 Å². The number of aliphatic hydroxyl groups is 1. The smallest absolute Gasteiger partial charge is 0.162 e. The third-order valence-electron chi connectivity index (χ3n) is 6.88. The molecule has 0 unspecified atom stereocenters. The van der Waals surface area contributed by atoms with E-state index in [0.29, 0.717) is 5.92 Å². The van der Waals surface area contributed by atoms with Gasteiger partial charge in [-0.2, -0.15) is 5.10 Å². The van der Waals surface area contributed by atoms with Gasteiger partial charge in [-0.25, -0.2) is 9.50 Å². The second-order valence-corrected chi connectivity index (χ2v) is 8.63. The first-order valence-electron chi connectivity index (χ1n) is 10.4. The number of aromatic nitrogens is 3. The molecule has 3 fully saturated rings. The minimum atomic E-state index is -0.153. The van der Waals surface area contributed by atoms with Crippen LogP contribution in [0.2, 0.25) is 0 Å². The first kappa shape index (κ1) is 22.5. The topological polar surface area (TPSA) is 74.9 Å². The Hall–Kier alpha value is -1.74. The van der Waals surface area contributed by atoms with Crippen LogP contribution in [-0.2, 0) is 11.3 Å². The number of hydrogen-bond donors (Lipinski definition) is 2. The summed E-state index contributed by atoms with van der Waals surface area (Å²) in [7, 11) is 0. The van der Waals surface area contributed by atoms with E-state index in [1.54, 1.807) is 0 Å². The van der Waals surface area contributed by atoms with E-state index in [0.717, 1.165) is 55.1 Å². The van der Waals surface area contributed by atoms with Gasteiger partial charge >= 0.3 is 0 Å². The third-order valence-corrected chi connectivity index (χ3v) is 6.88. The largest absolute Gasteiger partial charge is 0.396 e. The molecule has 166 valence electrons. The summed E-state index contributed by atoms with van der Waals surface area (Å²) in [5.41, 5.74) is 4.03. The van der Waals surface area contributed by atoms with Crippen LogP contribution in [0.5, 0.6) is 0 Å². The van der Waals surface area contributed by atoms with Crippen LogP contribution in [0.25, 0.3) is 16.8 Å². The van der Waals surface area contributed by atoms with Crippen LogP contribution in [0.1, 0.15) is 5.56 Å². The second-order valence-electron chi connectivity index (χ2n) is 8.63. The Morgan fingerprint density at radius 3 is 2.84 bits per heavy atom.